The highest BCUT2D eigenvalue weighted by Crippen LogP contribution is 2.23. The highest BCUT2D eigenvalue weighted by molar-refractivity contribution is 5.84. The van der Waals surface area contributed by atoms with E-state index in [1.54, 1.807) is 0 Å². The van der Waals surface area contributed by atoms with Crippen LogP contribution in [-0.4, -0.2) is 56.7 Å². The van der Waals surface area contributed by atoms with Crippen LogP contribution in [0.4, 0.5) is 0 Å². The van der Waals surface area contributed by atoms with Crippen LogP contribution < -0.4 is 11.2 Å². The summed E-state index contributed by atoms with van der Waals surface area (Å²) >= 11 is 0. The molecule has 8 nitrogen and oxygen atoms in total. The van der Waals surface area contributed by atoms with Gasteiger partial charge in [0.05, 0.1) is 5.39 Å². The number of fused-ring (bicyclic) bond motifs is 1. The Morgan fingerprint density at radius 2 is 1.93 bits per heavy atom. The molecule has 0 aliphatic carbocycles. The number of nitrogens with zero attached hydrogens (tertiary/aromatic N) is 4. The van der Waals surface area contributed by atoms with Crippen molar-refractivity contribution in [2.24, 2.45) is 0 Å². The molecule has 0 amide bonds. The molecule has 1 aromatic carbocycles. The lowest BCUT2D eigenvalue weighted by molar-refractivity contribution is 0.104. The van der Waals surface area contributed by atoms with Crippen LogP contribution in [0.2, 0.25) is 0 Å². The molecule has 0 spiro atoms. The van der Waals surface area contributed by atoms with E-state index in [9.17, 15) is 9.59 Å². The van der Waals surface area contributed by atoms with Gasteiger partial charge in [-0.2, -0.15) is 0 Å². The highest BCUT2D eigenvalue weighted by Gasteiger charge is 2.19. The number of hydrogen-bond acceptors (Lipinski definition) is 6. The highest BCUT2D eigenvalue weighted by atomic mass is 16.5. The van der Waals surface area contributed by atoms with E-state index in [4.69, 9.17) is 4.52 Å². The summed E-state index contributed by atoms with van der Waals surface area (Å²) in [6.45, 7) is 9.52. The van der Waals surface area contributed by atoms with Crippen molar-refractivity contribution in [3.8, 4) is 5.82 Å². The minimum absolute atomic E-state index is 0.387. The third kappa shape index (κ3) is 3.58. The second-order valence-electron chi connectivity index (χ2n) is 7.22. The zero-order valence-corrected chi connectivity index (χ0v) is 15.5. The van der Waals surface area contributed by atoms with Crippen LogP contribution in [0.15, 0.2) is 44.6 Å². The van der Waals surface area contributed by atoms with Gasteiger partial charge in [0.2, 0.25) is 0 Å². The largest absolute Gasteiger partial charge is 0.354 e. The number of nitrogens with one attached hydrogen (secondary N) is 1. The first kappa shape index (κ1) is 17.7. The van der Waals surface area contributed by atoms with Crippen LogP contribution in [0, 0.1) is 0 Å². The topological polar surface area (TPSA) is 87.4 Å². The van der Waals surface area contributed by atoms with E-state index in [0.717, 1.165) is 43.7 Å². The van der Waals surface area contributed by atoms with Crippen LogP contribution in [0.25, 0.3) is 16.8 Å². The zero-order chi connectivity index (χ0) is 19.0. The summed E-state index contributed by atoms with van der Waals surface area (Å²) < 4.78 is 6.64. The maximum Gasteiger partial charge on any atom is 0.334 e. The molecule has 0 atom stereocenters. The van der Waals surface area contributed by atoms with Crippen LogP contribution in [0.5, 0.6) is 0 Å². The minimum Gasteiger partial charge on any atom is -0.354 e. The molecule has 1 N–H and O–H groups in total. The first-order chi connectivity index (χ1) is 13.0. The van der Waals surface area contributed by atoms with Crippen molar-refractivity contribution < 1.29 is 4.52 Å². The molecular weight excluding hydrogens is 346 g/mol. The van der Waals surface area contributed by atoms with E-state index in [1.165, 1.54) is 16.8 Å². The quantitative estimate of drug-likeness (QED) is 0.743. The SMILES string of the molecule is CC(C)N1CCN(Cc2ccc3onc(-n4ccc(=O)[nH]c4=O)c3c2)CC1. The molecule has 27 heavy (non-hydrogen) atoms. The summed E-state index contributed by atoms with van der Waals surface area (Å²) in [5, 5.41) is 4.77. The molecule has 142 valence electrons. The lowest BCUT2D eigenvalue weighted by Crippen LogP contribution is -2.48. The molecule has 3 aromatic rings. The number of hydrogen-bond donors (Lipinski definition) is 1. The van der Waals surface area contributed by atoms with Crippen molar-refractivity contribution in [2.45, 2.75) is 26.4 Å². The smallest absolute Gasteiger partial charge is 0.334 e. The Morgan fingerprint density at radius 3 is 2.63 bits per heavy atom. The molecule has 0 unspecified atom stereocenters. The zero-order valence-electron chi connectivity index (χ0n) is 15.5. The fourth-order valence-corrected chi connectivity index (χ4v) is 3.53. The van der Waals surface area contributed by atoms with Crippen molar-refractivity contribution >= 4 is 11.0 Å². The third-order valence-electron chi connectivity index (χ3n) is 5.11. The number of H-pyrrole nitrogens is 1. The molecule has 1 aliphatic heterocycles. The van der Waals surface area contributed by atoms with Crippen molar-refractivity contribution in [3.63, 3.8) is 0 Å². The van der Waals surface area contributed by atoms with Crippen LogP contribution in [0.1, 0.15) is 19.4 Å². The van der Waals surface area contributed by atoms with Gasteiger partial charge in [-0.25, -0.2) is 9.36 Å². The Labute approximate surface area is 156 Å². The Balaban J connectivity index is 1.59. The summed E-state index contributed by atoms with van der Waals surface area (Å²) in [4.78, 5) is 30.5. The molecule has 3 heterocycles. The van der Waals surface area contributed by atoms with E-state index in [2.05, 4.69) is 33.8 Å². The fraction of sp³-hybridized carbons (Fsp3) is 0.421. The fourth-order valence-electron chi connectivity index (χ4n) is 3.53. The number of rotatable bonds is 4. The second kappa shape index (κ2) is 7.13. The maximum atomic E-state index is 12.1. The van der Waals surface area contributed by atoms with Gasteiger partial charge in [0, 0.05) is 51.0 Å². The number of piperazine rings is 1. The lowest BCUT2D eigenvalue weighted by atomic mass is 10.1. The molecular formula is C19H23N5O3. The standard InChI is InChI=1S/C19H23N5O3/c1-13(2)23-9-7-22(8-10-23)12-14-3-4-16-15(11-14)18(21-27-16)24-6-5-17(25)20-19(24)26/h3-6,11,13H,7-10,12H2,1-2H3,(H,20,25,26). The van der Waals surface area contributed by atoms with Gasteiger partial charge in [0.15, 0.2) is 11.4 Å². The summed E-state index contributed by atoms with van der Waals surface area (Å²) in [7, 11) is 0. The summed E-state index contributed by atoms with van der Waals surface area (Å²) in [5.74, 6) is 0.387. The monoisotopic (exact) mass is 369 g/mol. The van der Waals surface area contributed by atoms with E-state index < -0.39 is 11.2 Å². The summed E-state index contributed by atoms with van der Waals surface area (Å²) in [6, 6.07) is 7.79. The molecule has 0 radical (unpaired) electrons. The molecule has 8 heteroatoms. The maximum absolute atomic E-state index is 12.1. The molecule has 2 aromatic heterocycles. The predicted octanol–water partition coefficient (Wildman–Crippen LogP) is 1.19. The predicted molar refractivity (Wildman–Crippen MR) is 102 cm³/mol. The summed E-state index contributed by atoms with van der Waals surface area (Å²) in [6.07, 6.45) is 1.41. The Morgan fingerprint density at radius 1 is 1.15 bits per heavy atom. The molecule has 0 bridgehead atoms. The van der Waals surface area contributed by atoms with Gasteiger partial charge in [0.1, 0.15) is 0 Å². The number of aromatic nitrogens is 3. The third-order valence-corrected chi connectivity index (χ3v) is 5.11. The van der Waals surface area contributed by atoms with Gasteiger partial charge in [-0.1, -0.05) is 11.2 Å². The van der Waals surface area contributed by atoms with E-state index in [0.29, 0.717) is 17.4 Å². The first-order valence-corrected chi connectivity index (χ1v) is 9.18. The van der Waals surface area contributed by atoms with E-state index in [1.807, 2.05) is 18.2 Å². The van der Waals surface area contributed by atoms with Crippen molar-refractivity contribution in [1.82, 2.24) is 24.5 Å². The van der Waals surface area contributed by atoms with Gasteiger partial charge >= 0.3 is 5.69 Å². The average Bonchev–Trinajstić information content (AvgIpc) is 3.05. The van der Waals surface area contributed by atoms with Crippen molar-refractivity contribution in [1.29, 1.82) is 0 Å². The second-order valence-corrected chi connectivity index (χ2v) is 7.22. The van der Waals surface area contributed by atoms with Crippen LogP contribution in [-0.2, 0) is 6.54 Å². The normalized spacial score (nSPS) is 16.4. The lowest BCUT2D eigenvalue weighted by Gasteiger charge is -2.36. The minimum atomic E-state index is -0.534. The van der Waals surface area contributed by atoms with Gasteiger partial charge in [-0.05, 0) is 31.5 Å². The van der Waals surface area contributed by atoms with Gasteiger partial charge in [0.25, 0.3) is 5.56 Å². The van der Waals surface area contributed by atoms with Crippen molar-refractivity contribution in [2.75, 3.05) is 26.2 Å². The number of benzene rings is 1. The van der Waals surface area contributed by atoms with Crippen molar-refractivity contribution in [3.05, 3.63) is 56.9 Å². The first-order valence-electron chi connectivity index (χ1n) is 9.18. The molecule has 0 saturated carbocycles. The van der Waals surface area contributed by atoms with Gasteiger partial charge in [-0.15, -0.1) is 0 Å². The Hall–Kier alpha value is -2.71. The van der Waals surface area contributed by atoms with E-state index in [-0.39, 0.29) is 0 Å². The molecule has 1 saturated heterocycles. The molecule has 1 aliphatic rings. The van der Waals surface area contributed by atoms with Gasteiger partial charge in [-0.3, -0.25) is 19.6 Å². The Kier molecular flexibility index (Phi) is 4.67. The van der Waals surface area contributed by atoms with Gasteiger partial charge < -0.3 is 4.52 Å². The average molecular weight is 369 g/mol. The molecule has 1 fully saturated rings. The summed E-state index contributed by atoms with van der Waals surface area (Å²) in [5.41, 5.74) is 0.775. The number of aromatic amines is 1. The van der Waals surface area contributed by atoms with E-state index >= 15 is 0 Å². The Bertz CT molecular complexity index is 1060. The van der Waals surface area contributed by atoms with Crippen LogP contribution >= 0.6 is 0 Å². The van der Waals surface area contributed by atoms with Crippen LogP contribution in [0.3, 0.4) is 0 Å². The molecule has 4 rings (SSSR count).